The predicted octanol–water partition coefficient (Wildman–Crippen LogP) is -0.0514. The molecule has 0 bridgehead atoms. The van der Waals surface area contributed by atoms with Gasteiger partial charge < -0.3 is 20.5 Å². The number of nitrogen functional groups attached to an aromatic ring is 1. The molecule has 1 amide bonds. The summed E-state index contributed by atoms with van der Waals surface area (Å²) in [6, 6.07) is 13.7. The number of nitrogens with zero attached hydrogens (tertiary/aromatic N) is 1. The van der Waals surface area contributed by atoms with Gasteiger partial charge in [0, 0.05) is 16.8 Å². The molecule has 7 heteroatoms. The van der Waals surface area contributed by atoms with E-state index in [0.717, 1.165) is 13.1 Å². The van der Waals surface area contributed by atoms with E-state index >= 15 is 0 Å². The number of morpholine rings is 1. The van der Waals surface area contributed by atoms with E-state index in [2.05, 4.69) is 0 Å². The van der Waals surface area contributed by atoms with Crippen molar-refractivity contribution in [3.05, 3.63) is 59.7 Å². The average molecular weight is 382 g/mol. The highest BCUT2D eigenvalue weighted by Crippen LogP contribution is 2.42. The van der Waals surface area contributed by atoms with E-state index < -0.39 is 11.5 Å². The number of carbonyl (C=O) groups is 2. The van der Waals surface area contributed by atoms with Gasteiger partial charge in [-0.25, -0.2) is 0 Å². The summed E-state index contributed by atoms with van der Waals surface area (Å²) in [5.74, 6) is -0.775. The summed E-state index contributed by atoms with van der Waals surface area (Å²) in [6.45, 7) is 3.33. The van der Waals surface area contributed by atoms with Crippen LogP contribution in [0.4, 0.5) is 11.4 Å². The van der Waals surface area contributed by atoms with Crippen LogP contribution in [0.15, 0.2) is 48.5 Å². The van der Waals surface area contributed by atoms with Crippen LogP contribution in [0.25, 0.3) is 0 Å². The lowest BCUT2D eigenvalue weighted by Crippen LogP contribution is -3.15. The van der Waals surface area contributed by atoms with E-state index in [1.165, 1.54) is 4.90 Å². The lowest BCUT2D eigenvalue weighted by molar-refractivity contribution is -0.906. The first-order valence-electron chi connectivity index (χ1n) is 9.43. The van der Waals surface area contributed by atoms with Crippen molar-refractivity contribution in [1.29, 1.82) is 0 Å². The Morgan fingerprint density at radius 1 is 1.18 bits per heavy atom. The number of amides is 1. The molecule has 2 aromatic rings. The van der Waals surface area contributed by atoms with Crippen LogP contribution < -0.4 is 15.5 Å². The number of ether oxygens (including phenoxy) is 1. The number of ketones is 1. The molecule has 2 aliphatic rings. The second-order valence-corrected chi connectivity index (χ2v) is 7.36. The van der Waals surface area contributed by atoms with Crippen molar-refractivity contribution in [1.82, 2.24) is 0 Å². The topological polar surface area (TPSA) is 97.3 Å². The SMILES string of the molecule is Nc1cccc(C(=O)C[C@@]2(O)C(=O)N(C[NH+]3CCOCC3)c3ccccc32)c1. The Bertz CT molecular complexity index is 910. The van der Waals surface area contributed by atoms with E-state index in [1.807, 2.05) is 12.1 Å². The first kappa shape index (κ1) is 18.6. The maximum absolute atomic E-state index is 13.2. The molecule has 0 saturated carbocycles. The third kappa shape index (κ3) is 3.28. The minimum atomic E-state index is -1.87. The monoisotopic (exact) mass is 382 g/mol. The molecular weight excluding hydrogens is 358 g/mol. The van der Waals surface area contributed by atoms with Gasteiger partial charge in [-0.2, -0.15) is 0 Å². The van der Waals surface area contributed by atoms with Gasteiger partial charge in [0.15, 0.2) is 18.1 Å². The number of aliphatic hydroxyl groups is 1. The van der Waals surface area contributed by atoms with Crippen molar-refractivity contribution < 1.29 is 24.3 Å². The molecule has 1 fully saturated rings. The second-order valence-electron chi connectivity index (χ2n) is 7.36. The average Bonchev–Trinajstić information content (AvgIpc) is 2.91. The number of carbonyl (C=O) groups excluding carboxylic acids is 2. The first-order valence-corrected chi connectivity index (χ1v) is 9.43. The Morgan fingerprint density at radius 2 is 1.93 bits per heavy atom. The van der Waals surface area contributed by atoms with Gasteiger partial charge in [-0.3, -0.25) is 14.5 Å². The summed E-state index contributed by atoms with van der Waals surface area (Å²) in [6.07, 6.45) is -0.318. The summed E-state index contributed by atoms with van der Waals surface area (Å²) in [7, 11) is 0. The molecular formula is C21H24N3O4+. The number of quaternary nitrogens is 1. The van der Waals surface area contributed by atoms with Crippen LogP contribution in [-0.4, -0.2) is 49.8 Å². The molecule has 2 aliphatic heterocycles. The smallest absolute Gasteiger partial charge is 0.268 e. The van der Waals surface area contributed by atoms with Crippen molar-refractivity contribution in [3.63, 3.8) is 0 Å². The predicted molar refractivity (Wildman–Crippen MR) is 104 cm³/mol. The lowest BCUT2D eigenvalue weighted by Gasteiger charge is -2.29. The summed E-state index contributed by atoms with van der Waals surface area (Å²) >= 11 is 0. The molecule has 4 rings (SSSR count). The zero-order valence-electron chi connectivity index (χ0n) is 15.6. The Hall–Kier alpha value is -2.74. The van der Waals surface area contributed by atoms with Crippen LogP contribution in [0.1, 0.15) is 22.3 Å². The molecule has 4 N–H and O–H groups in total. The fourth-order valence-electron chi connectivity index (χ4n) is 3.92. The maximum Gasteiger partial charge on any atom is 0.268 e. The molecule has 28 heavy (non-hydrogen) atoms. The molecule has 7 nitrogen and oxygen atoms in total. The maximum atomic E-state index is 13.2. The summed E-state index contributed by atoms with van der Waals surface area (Å²) in [5, 5.41) is 11.3. The highest BCUT2D eigenvalue weighted by molar-refractivity contribution is 6.10. The number of hydrogen-bond acceptors (Lipinski definition) is 5. The van der Waals surface area contributed by atoms with Crippen molar-refractivity contribution in [2.75, 3.05) is 43.6 Å². The Labute approximate surface area is 163 Å². The van der Waals surface area contributed by atoms with Crippen LogP contribution in [0.3, 0.4) is 0 Å². The molecule has 146 valence electrons. The Balaban J connectivity index is 1.62. The number of fused-ring (bicyclic) bond motifs is 1. The fourth-order valence-corrected chi connectivity index (χ4v) is 3.92. The highest BCUT2D eigenvalue weighted by atomic mass is 16.5. The molecule has 0 radical (unpaired) electrons. The van der Waals surface area contributed by atoms with Crippen LogP contribution in [0, 0.1) is 0 Å². The van der Waals surface area contributed by atoms with Crippen molar-refractivity contribution >= 4 is 23.1 Å². The number of nitrogens with one attached hydrogen (secondary N) is 1. The van der Waals surface area contributed by atoms with Gasteiger partial charge in [0.05, 0.1) is 25.3 Å². The summed E-state index contributed by atoms with van der Waals surface area (Å²) in [4.78, 5) is 28.9. The third-order valence-corrected chi connectivity index (χ3v) is 5.45. The number of hydrogen-bond donors (Lipinski definition) is 3. The number of benzene rings is 2. The first-order chi connectivity index (χ1) is 13.5. The zero-order chi connectivity index (χ0) is 19.7. The molecule has 0 spiro atoms. The molecule has 2 heterocycles. The van der Waals surface area contributed by atoms with E-state index in [0.29, 0.717) is 42.4 Å². The summed E-state index contributed by atoms with van der Waals surface area (Å²) < 4.78 is 5.38. The van der Waals surface area contributed by atoms with Crippen molar-refractivity contribution in [2.45, 2.75) is 12.0 Å². The normalized spacial score (nSPS) is 22.3. The quantitative estimate of drug-likeness (QED) is 0.498. The van der Waals surface area contributed by atoms with Gasteiger partial charge in [0.1, 0.15) is 13.1 Å². The number of anilines is 2. The molecule has 0 unspecified atom stereocenters. The number of para-hydroxylation sites is 1. The van der Waals surface area contributed by atoms with Gasteiger partial charge in [-0.15, -0.1) is 0 Å². The number of Topliss-reactive ketones (excluding diaryl/α,β-unsaturated/α-hetero) is 1. The van der Waals surface area contributed by atoms with Gasteiger partial charge in [0.25, 0.3) is 5.91 Å². The molecule has 1 atom stereocenters. The summed E-state index contributed by atoms with van der Waals surface area (Å²) in [5.41, 5.74) is 5.88. The standard InChI is InChI=1S/C21H23N3O4/c22-16-5-3-4-15(12-16)19(25)13-21(27)17-6-1-2-7-18(17)24(20(21)26)14-23-8-10-28-11-9-23/h1-7,12,27H,8-11,13-14,22H2/p+1/t21-/m0/s1. The zero-order valence-corrected chi connectivity index (χ0v) is 15.6. The van der Waals surface area contributed by atoms with Crippen LogP contribution >= 0.6 is 0 Å². The molecule has 0 aromatic heterocycles. The molecule has 2 aromatic carbocycles. The largest absolute Gasteiger partial charge is 0.399 e. The van der Waals surface area contributed by atoms with E-state index in [1.54, 1.807) is 41.3 Å². The van der Waals surface area contributed by atoms with E-state index in [4.69, 9.17) is 10.5 Å². The second kappa shape index (κ2) is 7.35. The van der Waals surface area contributed by atoms with Gasteiger partial charge in [-0.1, -0.05) is 30.3 Å². The van der Waals surface area contributed by atoms with Crippen molar-refractivity contribution in [3.8, 4) is 0 Å². The fraction of sp³-hybridized carbons (Fsp3) is 0.333. The minimum Gasteiger partial charge on any atom is -0.399 e. The Morgan fingerprint density at radius 3 is 2.68 bits per heavy atom. The van der Waals surface area contributed by atoms with Crippen molar-refractivity contribution in [2.24, 2.45) is 0 Å². The van der Waals surface area contributed by atoms with Gasteiger partial charge in [0.2, 0.25) is 0 Å². The molecule has 0 aliphatic carbocycles. The van der Waals surface area contributed by atoms with E-state index in [9.17, 15) is 14.7 Å². The highest BCUT2D eigenvalue weighted by Gasteiger charge is 2.51. The molecule has 1 saturated heterocycles. The van der Waals surface area contributed by atoms with E-state index in [-0.39, 0.29) is 12.2 Å². The van der Waals surface area contributed by atoms with Crippen LogP contribution in [0.2, 0.25) is 0 Å². The van der Waals surface area contributed by atoms with Gasteiger partial charge in [-0.05, 0) is 18.2 Å². The minimum absolute atomic E-state index is 0.318. The number of nitrogens with two attached hydrogens (primary N) is 1. The number of rotatable bonds is 5. The van der Waals surface area contributed by atoms with Crippen LogP contribution in [0.5, 0.6) is 0 Å². The van der Waals surface area contributed by atoms with Crippen LogP contribution in [-0.2, 0) is 15.1 Å². The third-order valence-electron chi connectivity index (χ3n) is 5.45. The Kier molecular flexibility index (Phi) is 4.89. The lowest BCUT2D eigenvalue weighted by atomic mass is 9.88. The van der Waals surface area contributed by atoms with Gasteiger partial charge >= 0.3 is 0 Å².